The van der Waals surface area contributed by atoms with E-state index in [1.54, 1.807) is 0 Å². The quantitative estimate of drug-likeness (QED) is 0.669. The summed E-state index contributed by atoms with van der Waals surface area (Å²) in [5.41, 5.74) is 1.32. The van der Waals surface area contributed by atoms with Crippen LogP contribution in [0.3, 0.4) is 0 Å². The van der Waals surface area contributed by atoms with Crippen LogP contribution in [-0.2, 0) is 4.74 Å². The largest absolute Gasteiger partial charge is 0.490 e. The lowest BCUT2D eigenvalue weighted by molar-refractivity contribution is 0.287. The van der Waals surface area contributed by atoms with Crippen LogP contribution in [0, 0.1) is 0 Å². The van der Waals surface area contributed by atoms with Gasteiger partial charge in [-0.2, -0.15) is 0 Å². The molecule has 20 heavy (non-hydrogen) atoms. The molecule has 3 unspecified atom stereocenters. The van der Waals surface area contributed by atoms with Crippen molar-refractivity contribution in [2.45, 2.75) is 58.7 Å². The minimum Gasteiger partial charge on any atom is -0.490 e. The Morgan fingerprint density at radius 2 is 1.75 bits per heavy atom. The summed E-state index contributed by atoms with van der Waals surface area (Å²) in [6, 6.07) is 6.33. The zero-order valence-corrected chi connectivity index (χ0v) is 13.0. The van der Waals surface area contributed by atoms with Crippen molar-refractivity contribution >= 4 is 0 Å². The van der Waals surface area contributed by atoms with Crippen molar-refractivity contribution in [3.8, 4) is 11.5 Å². The summed E-state index contributed by atoms with van der Waals surface area (Å²) >= 11 is 0. The third kappa shape index (κ3) is 3.66. The third-order valence-corrected chi connectivity index (χ3v) is 3.88. The number of benzene rings is 1. The Bertz CT molecular complexity index is 430. The molecular formula is C17H26O3. The maximum atomic E-state index is 5.71. The van der Waals surface area contributed by atoms with Gasteiger partial charge in [0.1, 0.15) is 0 Å². The predicted molar refractivity (Wildman–Crippen MR) is 80.8 cm³/mol. The maximum absolute atomic E-state index is 5.71. The standard InChI is InChI=1S/C17H26O3/c1-5-13(10-16-12(4)20-16)14-8-9-15(18-6-2)17(11-14)19-7-3/h8-9,11-13,16H,5-7,10H2,1-4H3. The first-order valence-electron chi connectivity index (χ1n) is 7.74. The smallest absolute Gasteiger partial charge is 0.161 e. The zero-order valence-electron chi connectivity index (χ0n) is 13.0. The first-order valence-corrected chi connectivity index (χ1v) is 7.74. The highest BCUT2D eigenvalue weighted by Gasteiger charge is 2.36. The molecular weight excluding hydrogens is 252 g/mol. The second-order valence-corrected chi connectivity index (χ2v) is 5.29. The topological polar surface area (TPSA) is 31.0 Å². The van der Waals surface area contributed by atoms with Gasteiger partial charge < -0.3 is 14.2 Å². The molecule has 0 bridgehead atoms. The summed E-state index contributed by atoms with van der Waals surface area (Å²) in [6.45, 7) is 9.67. The summed E-state index contributed by atoms with van der Waals surface area (Å²) in [5.74, 6) is 2.22. The van der Waals surface area contributed by atoms with Gasteiger partial charge in [0.25, 0.3) is 0 Å². The normalized spacial score (nSPS) is 22.4. The molecule has 1 aliphatic heterocycles. The molecule has 0 aliphatic carbocycles. The molecule has 1 aliphatic rings. The minimum absolute atomic E-state index is 0.429. The molecule has 3 heteroatoms. The average molecular weight is 278 g/mol. The Kier molecular flexibility index (Phi) is 5.30. The highest BCUT2D eigenvalue weighted by molar-refractivity contribution is 5.44. The number of rotatable bonds is 8. The summed E-state index contributed by atoms with van der Waals surface area (Å²) in [4.78, 5) is 0. The van der Waals surface area contributed by atoms with Crippen LogP contribution in [0.2, 0.25) is 0 Å². The molecule has 1 aromatic carbocycles. The van der Waals surface area contributed by atoms with Gasteiger partial charge in [-0.3, -0.25) is 0 Å². The molecule has 0 saturated carbocycles. The minimum atomic E-state index is 0.429. The lowest BCUT2D eigenvalue weighted by Gasteiger charge is -2.17. The van der Waals surface area contributed by atoms with Crippen LogP contribution in [-0.4, -0.2) is 25.4 Å². The second-order valence-electron chi connectivity index (χ2n) is 5.29. The van der Waals surface area contributed by atoms with Gasteiger partial charge in [-0.25, -0.2) is 0 Å². The van der Waals surface area contributed by atoms with Crippen LogP contribution in [0.25, 0.3) is 0 Å². The van der Waals surface area contributed by atoms with Gasteiger partial charge in [-0.1, -0.05) is 13.0 Å². The maximum Gasteiger partial charge on any atom is 0.161 e. The summed E-state index contributed by atoms with van der Waals surface area (Å²) in [7, 11) is 0. The third-order valence-electron chi connectivity index (χ3n) is 3.88. The molecule has 3 atom stereocenters. The molecule has 0 spiro atoms. The van der Waals surface area contributed by atoms with Crippen molar-refractivity contribution in [1.82, 2.24) is 0 Å². The second kappa shape index (κ2) is 6.98. The van der Waals surface area contributed by atoms with Gasteiger partial charge in [0.05, 0.1) is 25.4 Å². The van der Waals surface area contributed by atoms with E-state index in [4.69, 9.17) is 14.2 Å². The van der Waals surface area contributed by atoms with E-state index in [1.165, 1.54) is 5.56 Å². The first kappa shape index (κ1) is 15.2. The molecule has 1 aromatic rings. The van der Waals surface area contributed by atoms with Gasteiger partial charge in [-0.05, 0) is 57.2 Å². The van der Waals surface area contributed by atoms with E-state index in [-0.39, 0.29) is 0 Å². The fourth-order valence-corrected chi connectivity index (χ4v) is 2.62. The van der Waals surface area contributed by atoms with Crippen molar-refractivity contribution in [1.29, 1.82) is 0 Å². The predicted octanol–water partition coefficient (Wildman–Crippen LogP) is 4.16. The summed E-state index contributed by atoms with van der Waals surface area (Å²) in [6.07, 6.45) is 3.07. The monoisotopic (exact) mass is 278 g/mol. The van der Waals surface area contributed by atoms with Crippen molar-refractivity contribution in [3.63, 3.8) is 0 Å². The number of hydrogen-bond acceptors (Lipinski definition) is 3. The lowest BCUT2D eigenvalue weighted by Crippen LogP contribution is -2.05. The molecule has 1 saturated heterocycles. The highest BCUT2D eigenvalue weighted by atomic mass is 16.6. The van der Waals surface area contributed by atoms with Gasteiger partial charge in [-0.15, -0.1) is 0 Å². The van der Waals surface area contributed by atoms with Crippen LogP contribution in [0.4, 0.5) is 0 Å². The van der Waals surface area contributed by atoms with E-state index in [0.29, 0.717) is 31.3 Å². The van der Waals surface area contributed by atoms with Crippen LogP contribution < -0.4 is 9.47 Å². The van der Waals surface area contributed by atoms with Gasteiger partial charge in [0.2, 0.25) is 0 Å². The number of epoxide rings is 1. The zero-order chi connectivity index (χ0) is 14.5. The van der Waals surface area contributed by atoms with Gasteiger partial charge in [0.15, 0.2) is 11.5 Å². The number of hydrogen-bond donors (Lipinski definition) is 0. The van der Waals surface area contributed by atoms with E-state index >= 15 is 0 Å². The van der Waals surface area contributed by atoms with E-state index in [9.17, 15) is 0 Å². The molecule has 0 radical (unpaired) electrons. The molecule has 1 heterocycles. The molecule has 0 aromatic heterocycles. The van der Waals surface area contributed by atoms with Crippen LogP contribution >= 0.6 is 0 Å². The van der Waals surface area contributed by atoms with E-state index in [0.717, 1.165) is 24.3 Å². The Balaban J connectivity index is 2.14. The Hall–Kier alpha value is -1.22. The van der Waals surface area contributed by atoms with Crippen molar-refractivity contribution < 1.29 is 14.2 Å². The molecule has 112 valence electrons. The van der Waals surface area contributed by atoms with Crippen LogP contribution in [0.1, 0.15) is 52.0 Å². The van der Waals surface area contributed by atoms with Crippen LogP contribution in [0.5, 0.6) is 11.5 Å². The van der Waals surface area contributed by atoms with Crippen molar-refractivity contribution in [3.05, 3.63) is 23.8 Å². The average Bonchev–Trinajstić information content (AvgIpc) is 3.14. The Morgan fingerprint density at radius 3 is 2.30 bits per heavy atom. The van der Waals surface area contributed by atoms with E-state index in [2.05, 4.69) is 26.0 Å². The van der Waals surface area contributed by atoms with Gasteiger partial charge in [0, 0.05) is 0 Å². The highest BCUT2D eigenvalue weighted by Crippen LogP contribution is 2.37. The molecule has 0 amide bonds. The lowest BCUT2D eigenvalue weighted by atomic mass is 9.91. The SMILES string of the molecule is CCOc1ccc(C(CC)CC2OC2C)cc1OCC. The number of ether oxygens (including phenoxy) is 3. The molecule has 1 fully saturated rings. The van der Waals surface area contributed by atoms with E-state index < -0.39 is 0 Å². The fraction of sp³-hybridized carbons (Fsp3) is 0.647. The first-order chi connectivity index (χ1) is 9.69. The van der Waals surface area contributed by atoms with Crippen molar-refractivity contribution in [2.24, 2.45) is 0 Å². The molecule has 3 nitrogen and oxygen atoms in total. The fourth-order valence-electron chi connectivity index (χ4n) is 2.62. The summed E-state index contributed by atoms with van der Waals surface area (Å²) in [5, 5.41) is 0. The van der Waals surface area contributed by atoms with Crippen LogP contribution in [0.15, 0.2) is 18.2 Å². The Labute approximate surface area is 122 Å². The van der Waals surface area contributed by atoms with Crippen molar-refractivity contribution in [2.75, 3.05) is 13.2 Å². The molecule has 2 rings (SSSR count). The Morgan fingerprint density at radius 1 is 1.10 bits per heavy atom. The summed E-state index contributed by atoms with van der Waals surface area (Å²) < 4.78 is 16.9. The molecule has 0 N–H and O–H groups in total. The van der Waals surface area contributed by atoms with E-state index in [1.807, 2.05) is 19.9 Å². The van der Waals surface area contributed by atoms with Gasteiger partial charge >= 0.3 is 0 Å².